The first-order chi connectivity index (χ1) is 7.15. The molecule has 0 aromatic carbocycles. The summed E-state index contributed by atoms with van der Waals surface area (Å²) in [5.74, 6) is -0.769. The predicted molar refractivity (Wildman–Crippen MR) is 50.5 cm³/mol. The Morgan fingerprint density at radius 3 is 2.80 bits per heavy atom. The summed E-state index contributed by atoms with van der Waals surface area (Å²) >= 11 is 0. The molecule has 0 radical (unpaired) electrons. The highest BCUT2D eigenvalue weighted by Crippen LogP contribution is 2.19. The molecular formula is C10H11NO4. The number of carboxylic acid groups (broad SMARTS) is 1. The first-order valence-corrected chi connectivity index (χ1v) is 4.76. The number of nitrogens with one attached hydrogen (secondary N) is 1. The van der Waals surface area contributed by atoms with Gasteiger partial charge in [-0.1, -0.05) is 0 Å². The molecule has 80 valence electrons. The highest BCUT2D eigenvalue weighted by Gasteiger charge is 2.25. The molecule has 5 heteroatoms. The Labute approximate surface area is 86.1 Å². The fourth-order valence-electron chi connectivity index (χ4n) is 1.23. The van der Waals surface area contributed by atoms with Crippen LogP contribution >= 0.6 is 0 Å². The van der Waals surface area contributed by atoms with Gasteiger partial charge in [-0.3, -0.25) is 9.59 Å². The largest absolute Gasteiger partial charge is 0.481 e. The lowest BCUT2D eigenvalue weighted by Crippen LogP contribution is -2.24. The van der Waals surface area contributed by atoms with Crippen LogP contribution < -0.4 is 5.32 Å². The van der Waals surface area contributed by atoms with Crippen LogP contribution in [-0.4, -0.2) is 23.0 Å². The molecule has 15 heavy (non-hydrogen) atoms. The normalized spacial score (nSPS) is 14.9. The van der Waals surface area contributed by atoms with Crippen molar-refractivity contribution >= 4 is 11.9 Å². The van der Waals surface area contributed by atoms with Gasteiger partial charge in [-0.05, 0) is 25.0 Å². The summed E-state index contributed by atoms with van der Waals surface area (Å²) in [5, 5.41) is 11.3. The minimum Gasteiger partial charge on any atom is -0.481 e. The number of carbonyl (C=O) groups excluding carboxylic acids is 1. The van der Waals surface area contributed by atoms with E-state index in [4.69, 9.17) is 9.52 Å². The first-order valence-electron chi connectivity index (χ1n) is 4.76. The maximum Gasteiger partial charge on any atom is 0.311 e. The zero-order valence-corrected chi connectivity index (χ0v) is 8.03. The van der Waals surface area contributed by atoms with Crippen LogP contribution in [0.4, 0.5) is 0 Å². The second-order valence-corrected chi connectivity index (χ2v) is 3.58. The van der Waals surface area contributed by atoms with E-state index in [-0.39, 0.29) is 24.1 Å². The van der Waals surface area contributed by atoms with Crippen molar-refractivity contribution in [3.63, 3.8) is 0 Å². The summed E-state index contributed by atoms with van der Waals surface area (Å²) in [6, 6.07) is 3.27. The van der Waals surface area contributed by atoms with E-state index in [0.717, 1.165) is 12.8 Å². The topological polar surface area (TPSA) is 79.5 Å². The smallest absolute Gasteiger partial charge is 0.311 e. The molecule has 1 aliphatic carbocycles. The van der Waals surface area contributed by atoms with Crippen molar-refractivity contribution in [3.05, 3.63) is 23.7 Å². The Kier molecular flexibility index (Phi) is 2.45. The molecule has 0 spiro atoms. The first kappa shape index (κ1) is 9.76. The number of carboxylic acids is 1. The zero-order chi connectivity index (χ0) is 10.8. The van der Waals surface area contributed by atoms with E-state index in [1.165, 1.54) is 12.1 Å². The molecule has 1 fully saturated rings. The van der Waals surface area contributed by atoms with Crippen molar-refractivity contribution in [1.29, 1.82) is 0 Å². The molecule has 1 heterocycles. The molecular weight excluding hydrogens is 198 g/mol. The number of furan rings is 1. The maximum atomic E-state index is 11.4. The Morgan fingerprint density at radius 2 is 2.20 bits per heavy atom. The fraction of sp³-hybridized carbons (Fsp3) is 0.400. The lowest BCUT2D eigenvalue weighted by molar-refractivity contribution is -0.136. The fourth-order valence-corrected chi connectivity index (χ4v) is 1.23. The second-order valence-electron chi connectivity index (χ2n) is 3.58. The Hall–Kier alpha value is -1.78. The van der Waals surface area contributed by atoms with Gasteiger partial charge in [0.05, 0.1) is 0 Å². The van der Waals surface area contributed by atoms with Gasteiger partial charge in [-0.15, -0.1) is 0 Å². The van der Waals surface area contributed by atoms with Crippen LogP contribution in [0.15, 0.2) is 16.5 Å². The summed E-state index contributed by atoms with van der Waals surface area (Å²) in [7, 11) is 0. The van der Waals surface area contributed by atoms with Gasteiger partial charge in [-0.25, -0.2) is 0 Å². The van der Waals surface area contributed by atoms with Crippen LogP contribution in [0.1, 0.15) is 29.2 Å². The quantitative estimate of drug-likeness (QED) is 0.768. The number of hydrogen-bond acceptors (Lipinski definition) is 3. The lowest BCUT2D eigenvalue weighted by atomic mass is 10.3. The summed E-state index contributed by atoms with van der Waals surface area (Å²) in [5.41, 5.74) is 0. The van der Waals surface area contributed by atoms with Crippen LogP contribution in [0.25, 0.3) is 0 Å². The number of carbonyl (C=O) groups is 2. The maximum absolute atomic E-state index is 11.4. The van der Waals surface area contributed by atoms with E-state index in [1.807, 2.05) is 0 Å². The Balaban J connectivity index is 1.98. The minimum atomic E-state index is -0.974. The van der Waals surface area contributed by atoms with Gasteiger partial charge in [0, 0.05) is 6.04 Å². The third kappa shape index (κ3) is 2.59. The van der Waals surface area contributed by atoms with E-state index in [0.29, 0.717) is 5.76 Å². The molecule has 1 aromatic rings. The van der Waals surface area contributed by atoms with Crippen LogP contribution in [0.2, 0.25) is 0 Å². The summed E-state index contributed by atoms with van der Waals surface area (Å²) in [4.78, 5) is 21.8. The summed E-state index contributed by atoms with van der Waals surface area (Å²) in [6.07, 6.45) is 1.82. The number of rotatable bonds is 4. The van der Waals surface area contributed by atoms with Crippen molar-refractivity contribution < 1.29 is 19.1 Å². The molecule has 1 saturated carbocycles. The second kappa shape index (κ2) is 3.76. The average molecular weight is 209 g/mol. The molecule has 5 nitrogen and oxygen atoms in total. The molecule has 1 aliphatic rings. The van der Waals surface area contributed by atoms with Gasteiger partial charge in [-0.2, -0.15) is 0 Å². The molecule has 0 aliphatic heterocycles. The van der Waals surface area contributed by atoms with Crippen LogP contribution in [0.3, 0.4) is 0 Å². The van der Waals surface area contributed by atoms with Crippen LogP contribution in [0, 0.1) is 0 Å². The van der Waals surface area contributed by atoms with Gasteiger partial charge in [0.1, 0.15) is 12.2 Å². The van der Waals surface area contributed by atoms with E-state index in [1.54, 1.807) is 0 Å². The standard InChI is InChI=1S/C10H11NO4/c12-9(13)5-7-3-4-8(15-7)10(14)11-6-1-2-6/h3-4,6H,1-2,5H2,(H,11,14)(H,12,13). The summed E-state index contributed by atoms with van der Waals surface area (Å²) in [6.45, 7) is 0. The highest BCUT2D eigenvalue weighted by molar-refractivity contribution is 5.92. The van der Waals surface area contributed by atoms with Gasteiger partial charge in [0.25, 0.3) is 5.91 Å². The molecule has 2 rings (SSSR count). The van der Waals surface area contributed by atoms with Crippen molar-refractivity contribution in [2.45, 2.75) is 25.3 Å². The van der Waals surface area contributed by atoms with E-state index in [2.05, 4.69) is 5.32 Å². The molecule has 0 bridgehead atoms. The Morgan fingerprint density at radius 1 is 1.47 bits per heavy atom. The predicted octanol–water partition coefficient (Wildman–Crippen LogP) is 0.799. The molecule has 1 amide bonds. The van der Waals surface area contributed by atoms with Gasteiger partial charge >= 0.3 is 5.97 Å². The molecule has 0 unspecified atom stereocenters. The Bertz CT molecular complexity index is 392. The van der Waals surface area contributed by atoms with Crippen molar-refractivity contribution in [3.8, 4) is 0 Å². The van der Waals surface area contributed by atoms with Crippen molar-refractivity contribution in [2.75, 3.05) is 0 Å². The van der Waals surface area contributed by atoms with E-state index < -0.39 is 5.97 Å². The van der Waals surface area contributed by atoms with Crippen LogP contribution in [0.5, 0.6) is 0 Å². The van der Waals surface area contributed by atoms with Gasteiger partial charge < -0.3 is 14.8 Å². The molecule has 0 atom stereocenters. The monoisotopic (exact) mass is 209 g/mol. The molecule has 1 aromatic heterocycles. The highest BCUT2D eigenvalue weighted by atomic mass is 16.4. The number of amides is 1. The van der Waals surface area contributed by atoms with Crippen molar-refractivity contribution in [1.82, 2.24) is 5.32 Å². The lowest BCUT2D eigenvalue weighted by Gasteiger charge is -1.98. The third-order valence-corrected chi connectivity index (χ3v) is 2.12. The molecule has 0 saturated heterocycles. The third-order valence-electron chi connectivity index (χ3n) is 2.12. The van der Waals surface area contributed by atoms with Gasteiger partial charge in [0.15, 0.2) is 5.76 Å². The molecule has 2 N–H and O–H groups in total. The average Bonchev–Trinajstić information content (AvgIpc) is 2.83. The van der Waals surface area contributed by atoms with E-state index in [9.17, 15) is 9.59 Å². The van der Waals surface area contributed by atoms with E-state index >= 15 is 0 Å². The zero-order valence-electron chi connectivity index (χ0n) is 8.03. The van der Waals surface area contributed by atoms with Crippen molar-refractivity contribution in [2.24, 2.45) is 0 Å². The SMILES string of the molecule is O=C(O)Cc1ccc(C(=O)NC2CC2)o1. The van der Waals surface area contributed by atoms with Gasteiger partial charge in [0.2, 0.25) is 0 Å². The number of hydrogen-bond donors (Lipinski definition) is 2. The minimum absolute atomic E-state index is 0.179. The number of aliphatic carboxylic acids is 1. The van der Waals surface area contributed by atoms with Crippen LogP contribution in [-0.2, 0) is 11.2 Å². The summed E-state index contributed by atoms with van der Waals surface area (Å²) < 4.78 is 5.09.